The van der Waals surface area contributed by atoms with E-state index in [-0.39, 0.29) is 11.9 Å². The minimum Gasteiger partial charge on any atom is -0.381 e. The van der Waals surface area contributed by atoms with Crippen LogP contribution in [0.1, 0.15) is 43.7 Å². The first-order valence-corrected chi connectivity index (χ1v) is 12.6. The number of pyridine rings is 2. The van der Waals surface area contributed by atoms with Gasteiger partial charge < -0.3 is 9.88 Å². The third-order valence-electron chi connectivity index (χ3n) is 7.18. The number of nitrogens with one attached hydrogen (secondary N) is 2. The van der Waals surface area contributed by atoms with Crippen LogP contribution in [0.25, 0.3) is 22.0 Å². The lowest BCUT2D eigenvalue weighted by Crippen LogP contribution is -2.27. The second-order valence-electron chi connectivity index (χ2n) is 10.0. The van der Waals surface area contributed by atoms with E-state index < -0.39 is 45.8 Å². The first-order chi connectivity index (χ1) is 19.0. The predicted molar refractivity (Wildman–Crippen MR) is 140 cm³/mol. The van der Waals surface area contributed by atoms with Crippen LogP contribution in [0.3, 0.4) is 0 Å². The lowest BCUT2D eigenvalue weighted by Gasteiger charge is -2.18. The Kier molecular flexibility index (Phi) is 6.91. The molecule has 1 fully saturated rings. The van der Waals surface area contributed by atoms with Gasteiger partial charge in [0, 0.05) is 30.5 Å². The number of benzene rings is 1. The van der Waals surface area contributed by atoms with Crippen LogP contribution >= 0.6 is 0 Å². The quantitative estimate of drug-likeness (QED) is 0.293. The number of hydrogen-bond donors (Lipinski definition) is 2. The summed E-state index contributed by atoms with van der Waals surface area (Å²) in [5.74, 6) is -0.690. The number of aromatic amines is 1. The van der Waals surface area contributed by atoms with Crippen LogP contribution in [0.4, 0.5) is 23.2 Å². The van der Waals surface area contributed by atoms with E-state index in [4.69, 9.17) is 0 Å². The molecule has 3 heterocycles. The lowest BCUT2D eigenvalue weighted by atomic mass is 9.98. The molecule has 0 radical (unpaired) electrons. The molecule has 8 nitrogen and oxygen atoms in total. The molecule has 0 spiro atoms. The number of halogens is 4. The van der Waals surface area contributed by atoms with Crippen LogP contribution in [0.5, 0.6) is 0 Å². The molecule has 1 atom stereocenters. The molecule has 206 valence electrons. The molecular formula is C28H24F4N6O2. The van der Waals surface area contributed by atoms with Crippen molar-refractivity contribution in [2.45, 2.75) is 56.8 Å². The maximum absolute atomic E-state index is 15.1. The molecule has 1 aromatic carbocycles. The van der Waals surface area contributed by atoms with Crippen molar-refractivity contribution in [3.05, 3.63) is 86.6 Å². The Labute approximate surface area is 225 Å². The second kappa shape index (κ2) is 10.2. The zero-order valence-corrected chi connectivity index (χ0v) is 21.3. The van der Waals surface area contributed by atoms with E-state index in [1.165, 1.54) is 10.6 Å². The molecular weight excluding hydrogens is 528 g/mol. The second-order valence-corrected chi connectivity index (χ2v) is 10.0. The normalized spacial score (nSPS) is 15.0. The molecule has 1 aliphatic rings. The lowest BCUT2D eigenvalue weighted by molar-refractivity contribution is -0.138. The maximum atomic E-state index is 15.1. The molecule has 0 bridgehead atoms. The number of nitriles is 1. The molecule has 5 rings (SSSR count). The van der Waals surface area contributed by atoms with Gasteiger partial charge in [0.1, 0.15) is 11.4 Å². The summed E-state index contributed by atoms with van der Waals surface area (Å²) in [5.41, 5.74) is -2.24. The summed E-state index contributed by atoms with van der Waals surface area (Å²) in [6.45, 7) is 1.86. The van der Waals surface area contributed by atoms with Crippen LogP contribution in [-0.2, 0) is 18.1 Å². The van der Waals surface area contributed by atoms with Crippen molar-refractivity contribution in [2.75, 3.05) is 5.32 Å². The molecule has 2 N–H and O–H groups in total. The van der Waals surface area contributed by atoms with Gasteiger partial charge in [0.2, 0.25) is 0 Å². The van der Waals surface area contributed by atoms with Crippen molar-refractivity contribution < 1.29 is 17.6 Å². The molecule has 1 saturated carbocycles. The van der Waals surface area contributed by atoms with Crippen LogP contribution < -0.4 is 16.4 Å². The smallest absolute Gasteiger partial charge is 0.381 e. The largest absolute Gasteiger partial charge is 0.423 e. The summed E-state index contributed by atoms with van der Waals surface area (Å²) >= 11 is 0. The number of nitrogens with zero attached hydrogens (tertiary/aromatic N) is 4. The average Bonchev–Trinajstić information content (AvgIpc) is 3.70. The number of fused-ring (bicyclic) bond motifs is 1. The first kappa shape index (κ1) is 27.1. The number of alkyl halides is 3. The number of hydrogen-bond acceptors (Lipinski definition) is 6. The average molecular weight is 553 g/mol. The summed E-state index contributed by atoms with van der Waals surface area (Å²) < 4.78 is 56.3. The van der Waals surface area contributed by atoms with Gasteiger partial charge in [0.05, 0.1) is 34.4 Å². The fourth-order valence-electron chi connectivity index (χ4n) is 4.82. The molecule has 1 aliphatic carbocycles. The van der Waals surface area contributed by atoms with Gasteiger partial charge in [-0.2, -0.15) is 23.5 Å². The number of rotatable bonds is 8. The van der Waals surface area contributed by atoms with E-state index in [0.717, 1.165) is 24.6 Å². The third kappa shape index (κ3) is 5.19. The number of aromatic nitrogens is 4. The van der Waals surface area contributed by atoms with Crippen molar-refractivity contribution in [3.63, 3.8) is 0 Å². The van der Waals surface area contributed by atoms with E-state index >= 15 is 4.39 Å². The summed E-state index contributed by atoms with van der Waals surface area (Å²) in [7, 11) is 0. The zero-order valence-electron chi connectivity index (χ0n) is 21.3. The molecule has 3 aromatic heterocycles. The Morgan fingerprint density at radius 3 is 2.62 bits per heavy atom. The highest BCUT2D eigenvalue weighted by Crippen LogP contribution is 2.47. The third-order valence-corrected chi connectivity index (χ3v) is 7.18. The van der Waals surface area contributed by atoms with Crippen LogP contribution in [0.2, 0.25) is 0 Å². The Balaban J connectivity index is 1.28. The van der Waals surface area contributed by atoms with Gasteiger partial charge in [0.25, 0.3) is 11.1 Å². The Morgan fingerprint density at radius 1 is 1.20 bits per heavy atom. The predicted octanol–water partition coefficient (Wildman–Crippen LogP) is 5.14. The van der Waals surface area contributed by atoms with Crippen molar-refractivity contribution in [2.24, 2.45) is 0 Å². The number of anilines is 1. The molecule has 0 saturated heterocycles. The first-order valence-electron chi connectivity index (χ1n) is 12.6. The van der Waals surface area contributed by atoms with Gasteiger partial charge in [0.15, 0.2) is 0 Å². The highest BCUT2D eigenvalue weighted by molar-refractivity contribution is 5.86. The Hall–Kier alpha value is -4.53. The monoisotopic (exact) mass is 552 g/mol. The topological polar surface area (TPSA) is 116 Å². The highest BCUT2D eigenvalue weighted by atomic mass is 19.4. The van der Waals surface area contributed by atoms with E-state index in [1.54, 1.807) is 42.6 Å². The van der Waals surface area contributed by atoms with E-state index in [9.17, 15) is 28.0 Å². The SMILES string of the molecule is C[C@@H](CCCn1ccc2cc(-c3ccc(C4(C#N)CC4)cn3)cc(F)c2c1=O)Nc1cn[nH]c(=O)c1C(F)(F)F. The molecule has 0 amide bonds. The van der Waals surface area contributed by atoms with Gasteiger partial charge in [-0.3, -0.25) is 14.6 Å². The Bertz CT molecular complexity index is 1730. The maximum Gasteiger partial charge on any atom is 0.423 e. The minimum absolute atomic E-state index is 0.0696. The van der Waals surface area contributed by atoms with Gasteiger partial charge in [-0.25, -0.2) is 9.49 Å². The molecule has 0 aliphatic heterocycles. The summed E-state index contributed by atoms with van der Waals surface area (Å²) in [4.78, 5) is 29.1. The van der Waals surface area contributed by atoms with Gasteiger partial charge in [-0.1, -0.05) is 6.07 Å². The van der Waals surface area contributed by atoms with Gasteiger partial charge in [-0.05, 0) is 67.8 Å². The van der Waals surface area contributed by atoms with E-state index in [0.29, 0.717) is 29.5 Å². The van der Waals surface area contributed by atoms with Crippen molar-refractivity contribution in [3.8, 4) is 17.3 Å². The highest BCUT2D eigenvalue weighted by Gasteiger charge is 2.45. The fraction of sp³-hybridized carbons (Fsp3) is 0.321. The molecule has 40 heavy (non-hydrogen) atoms. The van der Waals surface area contributed by atoms with Gasteiger partial charge in [-0.15, -0.1) is 0 Å². The minimum atomic E-state index is -4.85. The van der Waals surface area contributed by atoms with E-state index in [1.807, 2.05) is 6.07 Å². The summed E-state index contributed by atoms with van der Waals surface area (Å²) in [5, 5.41) is 17.6. The van der Waals surface area contributed by atoms with Crippen LogP contribution in [-0.4, -0.2) is 25.8 Å². The number of H-pyrrole nitrogens is 1. The molecule has 0 unspecified atom stereocenters. The molecule has 12 heteroatoms. The van der Waals surface area contributed by atoms with Crippen molar-refractivity contribution in [1.82, 2.24) is 19.7 Å². The van der Waals surface area contributed by atoms with Gasteiger partial charge >= 0.3 is 6.18 Å². The van der Waals surface area contributed by atoms with Crippen molar-refractivity contribution in [1.29, 1.82) is 5.26 Å². The van der Waals surface area contributed by atoms with Crippen LogP contribution in [0, 0.1) is 17.1 Å². The summed E-state index contributed by atoms with van der Waals surface area (Å²) in [6, 6.07) is 9.98. The van der Waals surface area contributed by atoms with Crippen LogP contribution in [0.15, 0.2) is 58.5 Å². The summed E-state index contributed by atoms with van der Waals surface area (Å²) in [6.07, 6.45) is 1.60. The van der Waals surface area contributed by atoms with Crippen molar-refractivity contribution >= 4 is 16.5 Å². The standard InChI is InChI=1S/C28H24F4N6O2/c1-16(36-22-14-35-37-25(39)24(22)28(30,31)32)3-2-9-38-10-6-17-11-18(12-20(29)23(17)26(38)40)21-5-4-19(13-34-21)27(15-33)7-8-27/h4-6,10-14,16H,2-3,7-9H2,1H3,(H2,36,37,39)/t16-/m0/s1. The fourth-order valence-corrected chi connectivity index (χ4v) is 4.82. The zero-order chi connectivity index (χ0) is 28.7. The molecule has 4 aromatic rings. The Morgan fingerprint density at radius 2 is 1.98 bits per heavy atom. The number of aryl methyl sites for hydroxylation is 1. The van der Waals surface area contributed by atoms with E-state index in [2.05, 4.69) is 21.5 Å².